The van der Waals surface area contributed by atoms with Crippen molar-refractivity contribution in [2.45, 2.75) is 52.0 Å². The Kier molecular flexibility index (Phi) is 6.92. The Morgan fingerprint density at radius 3 is 2.33 bits per heavy atom. The Labute approximate surface area is 126 Å². The molecule has 0 saturated carbocycles. The van der Waals surface area contributed by atoms with Gasteiger partial charge in [0.25, 0.3) is 5.91 Å². The van der Waals surface area contributed by atoms with Gasteiger partial charge in [0.1, 0.15) is 5.54 Å². The standard InChI is InChI=1S/C17H25NO3/c1-4-7-13-17(5-2,16(20)21-6-3)18-15(19)14-11-9-8-10-12-14/h8-12H,4-7,13H2,1-3H3,(H,18,19). The molecule has 0 aliphatic rings. The fourth-order valence-electron chi connectivity index (χ4n) is 2.25. The van der Waals surface area contributed by atoms with Crippen molar-refractivity contribution in [3.63, 3.8) is 0 Å². The minimum Gasteiger partial charge on any atom is -0.464 e. The summed E-state index contributed by atoms with van der Waals surface area (Å²) in [6.07, 6.45) is 2.94. The SMILES string of the molecule is CCCCC(CC)(NC(=O)c1ccccc1)C(=O)OCC. The molecule has 0 fully saturated rings. The van der Waals surface area contributed by atoms with E-state index in [-0.39, 0.29) is 11.9 Å². The van der Waals surface area contributed by atoms with E-state index in [4.69, 9.17) is 4.74 Å². The van der Waals surface area contributed by atoms with E-state index < -0.39 is 5.54 Å². The van der Waals surface area contributed by atoms with Crippen molar-refractivity contribution < 1.29 is 14.3 Å². The highest BCUT2D eigenvalue weighted by atomic mass is 16.5. The maximum atomic E-state index is 12.4. The molecular formula is C17H25NO3. The summed E-state index contributed by atoms with van der Waals surface area (Å²) in [6, 6.07) is 8.94. The number of unbranched alkanes of at least 4 members (excludes halogenated alkanes) is 1. The summed E-state index contributed by atoms with van der Waals surface area (Å²) in [5.74, 6) is -0.577. The average molecular weight is 291 g/mol. The molecule has 116 valence electrons. The van der Waals surface area contributed by atoms with Gasteiger partial charge < -0.3 is 10.1 Å². The third-order valence-electron chi connectivity index (χ3n) is 3.62. The minimum absolute atomic E-state index is 0.235. The first-order chi connectivity index (χ1) is 10.1. The fraction of sp³-hybridized carbons (Fsp3) is 0.529. The largest absolute Gasteiger partial charge is 0.464 e. The first kappa shape index (κ1) is 17.2. The molecule has 1 aromatic rings. The van der Waals surface area contributed by atoms with Gasteiger partial charge in [0, 0.05) is 5.56 Å². The van der Waals surface area contributed by atoms with Crippen LogP contribution in [0.3, 0.4) is 0 Å². The Morgan fingerprint density at radius 2 is 1.81 bits per heavy atom. The Hall–Kier alpha value is -1.84. The molecule has 4 heteroatoms. The number of nitrogens with one attached hydrogen (secondary N) is 1. The number of hydrogen-bond acceptors (Lipinski definition) is 3. The number of amides is 1. The summed E-state index contributed by atoms with van der Waals surface area (Å²) >= 11 is 0. The topological polar surface area (TPSA) is 55.4 Å². The van der Waals surface area contributed by atoms with Crippen LogP contribution in [-0.4, -0.2) is 24.0 Å². The van der Waals surface area contributed by atoms with Gasteiger partial charge in [-0.3, -0.25) is 4.79 Å². The molecule has 0 aliphatic heterocycles. The Bertz CT molecular complexity index is 458. The van der Waals surface area contributed by atoms with Crippen molar-refractivity contribution in [2.75, 3.05) is 6.61 Å². The van der Waals surface area contributed by atoms with Gasteiger partial charge in [0.15, 0.2) is 0 Å². The number of carbonyl (C=O) groups is 2. The average Bonchev–Trinajstić information content (AvgIpc) is 2.52. The van der Waals surface area contributed by atoms with E-state index in [1.807, 2.05) is 13.0 Å². The van der Waals surface area contributed by atoms with Gasteiger partial charge in [-0.15, -0.1) is 0 Å². The smallest absolute Gasteiger partial charge is 0.331 e. The highest BCUT2D eigenvalue weighted by molar-refractivity contribution is 5.98. The second-order valence-electron chi connectivity index (χ2n) is 5.08. The van der Waals surface area contributed by atoms with Crippen LogP contribution in [-0.2, 0) is 9.53 Å². The van der Waals surface area contributed by atoms with Gasteiger partial charge in [0.05, 0.1) is 6.61 Å². The van der Waals surface area contributed by atoms with Gasteiger partial charge in [-0.05, 0) is 31.9 Å². The van der Waals surface area contributed by atoms with Crippen LogP contribution >= 0.6 is 0 Å². The van der Waals surface area contributed by atoms with Crippen LogP contribution in [0, 0.1) is 0 Å². The van der Waals surface area contributed by atoms with Gasteiger partial charge in [-0.25, -0.2) is 4.79 Å². The first-order valence-electron chi connectivity index (χ1n) is 7.64. The number of esters is 1. The molecule has 1 aromatic carbocycles. The molecule has 0 saturated heterocycles. The molecule has 1 rings (SSSR count). The van der Waals surface area contributed by atoms with Crippen LogP contribution in [0.1, 0.15) is 56.8 Å². The molecule has 1 unspecified atom stereocenters. The molecule has 21 heavy (non-hydrogen) atoms. The van der Waals surface area contributed by atoms with Crippen molar-refractivity contribution in [1.82, 2.24) is 5.32 Å². The lowest BCUT2D eigenvalue weighted by Gasteiger charge is -2.31. The van der Waals surface area contributed by atoms with Crippen LogP contribution < -0.4 is 5.32 Å². The van der Waals surface area contributed by atoms with Crippen LogP contribution in [0.2, 0.25) is 0 Å². The van der Waals surface area contributed by atoms with E-state index in [9.17, 15) is 9.59 Å². The monoisotopic (exact) mass is 291 g/mol. The van der Waals surface area contributed by atoms with Gasteiger partial charge >= 0.3 is 5.97 Å². The summed E-state index contributed by atoms with van der Waals surface area (Å²) in [5, 5.41) is 2.90. The zero-order chi connectivity index (χ0) is 15.7. The quantitative estimate of drug-likeness (QED) is 0.748. The lowest BCUT2D eigenvalue weighted by Crippen LogP contribution is -2.55. The molecule has 0 aromatic heterocycles. The summed E-state index contributed by atoms with van der Waals surface area (Å²) in [7, 11) is 0. The van der Waals surface area contributed by atoms with E-state index in [0.29, 0.717) is 25.0 Å². The first-order valence-corrected chi connectivity index (χ1v) is 7.64. The second-order valence-corrected chi connectivity index (χ2v) is 5.08. The van der Waals surface area contributed by atoms with E-state index in [1.165, 1.54) is 0 Å². The molecular weight excluding hydrogens is 266 g/mol. The summed E-state index contributed by atoms with van der Waals surface area (Å²) < 4.78 is 5.18. The van der Waals surface area contributed by atoms with E-state index >= 15 is 0 Å². The maximum Gasteiger partial charge on any atom is 0.331 e. The highest BCUT2D eigenvalue weighted by Crippen LogP contribution is 2.21. The lowest BCUT2D eigenvalue weighted by molar-refractivity contribution is -0.151. The summed E-state index contributed by atoms with van der Waals surface area (Å²) in [5.41, 5.74) is -0.380. The fourth-order valence-corrected chi connectivity index (χ4v) is 2.25. The number of carbonyl (C=O) groups excluding carboxylic acids is 2. The zero-order valence-corrected chi connectivity index (χ0v) is 13.1. The highest BCUT2D eigenvalue weighted by Gasteiger charge is 2.39. The Morgan fingerprint density at radius 1 is 1.14 bits per heavy atom. The molecule has 1 amide bonds. The van der Waals surface area contributed by atoms with Gasteiger partial charge in [-0.1, -0.05) is 44.9 Å². The predicted molar refractivity (Wildman–Crippen MR) is 83.1 cm³/mol. The van der Waals surface area contributed by atoms with E-state index in [1.54, 1.807) is 31.2 Å². The number of ether oxygens (including phenoxy) is 1. The van der Waals surface area contributed by atoms with Crippen LogP contribution in [0.5, 0.6) is 0 Å². The van der Waals surface area contributed by atoms with Gasteiger partial charge in [0.2, 0.25) is 0 Å². The molecule has 0 radical (unpaired) electrons. The van der Waals surface area contributed by atoms with E-state index in [2.05, 4.69) is 12.2 Å². The summed E-state index contributed by atoms with van der Waals surface area (Å²) in [6.45, 7) is 6.05. The molecule has 1 atom stereocenters. The second kappa shape index (κ2) is 8.45. The number of hydrogen-bond donors (Lipinski definition) is 1. The third-order valence-corrected chi connectivity index (χ3v) is 3.62. The zero-order valence-electron chi connectivity index (χ0n) is 13.1. The normalized spacial score (nSPS) is 13.3. The molecule has 0 spiro atoms. The van der Waals surface area contributed by atoms with Crippen molar-refractivity contribution >= 4 is 11.9 Å². The van der Waals surface area contributed by atoms with Gasteiger partial charge in [-0.2, -0.15) is 0 Å². The molecule has 0 bridgehead atoms. The van der Waals surface area contributed by atoms with Crippen LogP contribution in [0.15, 0.2) is 30.3 Å². The van der Waals surface area contributed by atoms with Crippen molar-refractivity contribution in [3.8, 4) is 0 Å². The number of rotatable bonds is 8. The Balaban J connectivity index is 2.95. The minimum atomic E-state index is -0.932. The molecule has 1 N–H and O–H groups in total. The molecule has 0 aliphatic carbocycles. The van der Waals surface area contributed by atoms with Crippen molar-refractivity contribution in [1.29, 1.82) is 0 Å². The van der Waals surface area contributed by atoms with Crippen molar-refractivity contribution in [3.05, 3.63) is 35.9 Å². The van der Waals surface area contributed by atoms with Crippen LogP contribution in [0.25, 0.3) is 0 Å². The molecule has 4 nitrogen and oxygen atoms in total. The molecule has 0 heterocycles. The summed E-state index contributed by atoms with van der Waals surface area (Å²) in [4.78, 5) is 24.7. The number of benzene rings is 1. The lowest BCUT2D eigenvalue weighted by atomic mass is 9.89. The van der Waals surface area contributed by atoms with E-state index in [0.717, 1.165) is 12.8 Å². The predicted octanol–water partition coefficient (Wildman–Crippen LogP) is 3.32. The third kappa shape index (κ3) is 4.59. The van der Waals surface area contributed by atoms with Crippen LogP contribution in [0.4, 0.5) is 0 Å². The maximum absolute atomic E-state index is 12.4. The van der Waals surface area contributed by atoms with Crippen molar-refractivity contribution in [2.24, 2.45) is 0 Å².